The Hall–Kier alpha value is -1.52. The van der Waals surface area contributed by atoms with Crippen LogP contribution in [-0.4, -0.2) is 17.7 Å². The number of aliphatic carboxylic acids is 1. The first-order chi connectivity index (χ1) is 9.09. The molecule has 1 aromatic rings. The van der Waals surface area contributed by atoms with E-state index in [0.717, 1.165) is 30.7 Å². The van der Waals surface area contributed by atoms with Gasteiger partial charge in [0.05, 0.1) is 6.61 Å². The minimum Gasteiger partial charge on any atom is -0.477 e. The van der Waals surface area contributed by atoms with Gasteiger partial charge in [-0.3, -0.25) is 10.3 Å². The number of carboxylic acids is 1. The quantitative estimate of drug-likeness (QED) is 0.415. The Morgan fingerprint density at radius 1 is 1.26 bits per heavy atom. The Morgan fingerprint density at radius 2 is 1.95 bits per heavy atom. The Morgan fingerprint density at radius 3 is 2.58 bits per heavy atom. The zero-order valence-electron chi connectivity index (χ0n) is 10.7. The second-order valence-corrected chi connectivity index (χ2v) is 4.61. The molecule has 0 radical (unpaired) electrons. The molecule has 1 aromatic carbocycles. The topological polar surface area (TPSA) is 58.6 Å². The smallest absolute Gasteiger partial charge is 0.353 e. The molecule has 4 nitrogen and oxygen atoms in total. The highest BCUT2D eigenvalue weighted by molar-refractivity contribution is 6.30. The number of hydrogen-bond donors (Lipinski definition) is 2. The SMILES string of the molecule is C=C(NOCCCCCc1ccc(Cl)cc1)C(=O)O. The molecule has 0 aliphatic rings. The van der Waals surface area contributed by atoms with E-state index in [0.29, 0.717) is 6.61 Å². The molecule has 0 aromatic heterocycles. The zero-order valence-corrected chi connectivity index (χ0v) is 11.4. The van der Waals surface area contributed by atoms with E-state index in [-0.39, 0.29) is 5.70 Å². The van der Waals surface area contributed by atoms with E-state index >= 15 is 0 Å². The number of halogens is 1. The number of nitrogens with one attached hydrogen (secondary N) is 1. The van der Waals surface area contributed by atoms with Crippen LogP contribution in [0.3, 0.4) is 0 Å². The van der Waals surface area contributed by atoms with Crippen LogP contribution in [0.4, 0.5) is 0 Å². The van der Waals surface area contributed by atoms with Crippen molar-refractivity contribution in [3.05, 3.63) is 47.1 Å². The number of hydroxylamine groups is 1. The summed E-state index contributed by atoms with van der Waals surface area (Å²) in [5, 5.41) is 9.27. The second kappa shape index (κ2) is 8.56. The number of carboxylic acid groups (broad SMARTS) is 1. The number of hydrogen-bond acceptors (Lipinski definition) is 3. The summed E-state index contributed by atoms with van der Waals surface area (Å²) in [4.78, 5) is 15.4. The second-order valence-electron chi connectivity index (χ2n) is 4.17. The number of aryl methyl sites for hydroxylation is 1. The van der Waals surface area contributed by atoms with Crippen LogP contribution in [0.1, 0.15) is 24.8 Å². The third-order valence-electron chi connectivity index (χ3n) is 2.58. The Balaban J connectivity index is 2.01. The van der Waals surface area contributed by atoms with Crippen molar-refractivity contribution in [2.24, 2.45) is 0 Å². The fraction of sp³-hybridized carbons (Fsp3) is 0.357. The number of benzene rings is 1. The van der Waals surface area contributed by atoms with Crippen LogP contribution in [0.15, 0.2) is 36.5 Å². The van der Waals surface area contributed by atoms with Crippen molar-refractivity contribution in [3.63, 3.8) is 0 Å². The highest BCUT2D eigenvalue weighted by atomic mass is 35.5. The van der Waals surface area contributed by atoms with Crippen molar-refractivity contribution in [2.45, 2.75) is 25.7 Å². The van der Waals surface area contributed by atoms with Crippen molar-refractivity contribution in [1.82, 2.24) is 5.48 Å². The van der Waals surface area contributed by atoms with Gasteiger partial charge in [0.1, 0.15) is 5.70 Å². The molecule has 0 atom stereocenters. The average Bonchev–Trinajstić information content (AvgIpc) is 2.39. The van der Waals surface area contributed by atoms with Crippen LogP contribution in [0.25, 0.3) is 0 Å². The van der Waals surface area contributed by atoms with E-state index in [1.54, 1.807) is 0 Å². The molecule has 0 aliphatic heterocycles. The fourth-order valence-electron chi connectivity index (χ4n) is 1.51. The predicted molar refractivity (Wildman–Crippen MR) is 74.9 cm³/mol. The van der Waals surface area contributed by atoms with Gasteiger partial charge < -0.3 is 5.11 Å². The van der Waals surface area contributed by atoms with Crippen molar-refractivity contribution in [3.8, 4) is 0 Å². The van der Waals surface area contributed by atoms with Crippen LogP contribution in [0, 0.1) is 0 Å². The molecule has 0 saturated carbocycles. The van der Waals surface area contributed by atoms with Crippen LogP contribution >= 0.6 is 11.6 Å². The van der Waals surface area contributed by atoms with Crippen molar-refractivity contribution in [1.29, 1.82) is 0 Å². The lowest BCUT2D eigenvalue weighted by Crippen LogP contribution is -2.20. The van der Waals surface area contributed by atoms with Crippen LogP contribution < -0.4 is 5.48 Å². The van der Waals surface area contributed by atoms with Gasteiger partial charge in [-0.25, -0.2) is 4.79 Å². The molecule has 0 amide bonds. The van der Waals surface area contributed by atoms with Crippen molar-refractivity contribution >= 4 is 17.6 Å². The first kappa shape index (κ1) is 15.5. The predicted octanol–water partition coefficient (Wildman–Crippen LogP) is 3.17. The fourth-order valence-corrected chi connectivity index (χ4v) is 1.64. The van der Waals surface area contributed by atoms with E-state index in [2.05, 4.69) is 12.1 Å². The summed E-state index contributed by atoms with van der Waals surface area (Å²) in [6, 6.07) is 7.83. The Bertz CT molecular complexity index is 417. The summed E-state index contributed by atoms with van der Waals surface area (Å²) >= 11 is 5.81. The van der Waals surface area contributed by atoms with Gasteiger partial charge in [0.15, 0.2) is 0 Å². The lowest BCUT2D eigenvalue weighted by molar-refractivity contribution is -0.134. The molecule has 1 rings (SSSR count). The van der Waals surface area contributed by atoms with E-state index in [9.17, 15) is 4.79 Å². The Labute approximate surface area is 118 Å². The third-order valence-corrected chi connectivity index (χ3v) is 2.83. The largest absolute Gasteiger partial charge is 0.477 e. The molecule has 0 spiro atoms. The summed E-state index contributed by atoms with van der Waals surface area (Å²) in [7, 11) is 0. The maximum absolute atomic E-state index is 10.4. The highest BCUT2D eigenvalue weighted by Crippen LogP contribution is 2.12. The van der Waals surface area contributed by atoms with Gasteiger partial charge in [0.2, 0.25) is 0 Å². The molecule has 0 heterocycles. The zero-order chi connectivity index (χ0) is 14.1. The summed E-state index contributed by atoms with van der Waals surface area (Å²) in [6.45, 7) is 3.75. The lowest BCUT2D eigenvalue weighted by atomic mass is 10.1. The molecular weight excluding hydrogens is 266 g/mol. The Kier molecular flexibility index (Phi) is 7.00. The van der Waals surface area contributed by atoms with E-state index in [1.807, 2.05) is 24.3 Å². The average molecular weight is 284 g/mol. The number of carbonyl (C=O) groups is 1. The molecular formula is C14H18ClNO3. The molecule has 0 saturated heterocycles. The van der Waals surface area contributed by atoms with Crippen LogP contribution in [0.2, 0.25) is 5.02 Å². The van der Waals surface area contributed by atoms with Crippen molar-refractivity contribution < 1.29 is 14.7 Å². The van der Waals surface area contributed by atoms with Gasteiger partial charge in [0.25, 0.3) is 0 Å². The van der Waals surface area contributed by atoms with Gasteiger partial charge >= 0.3 is 5.97 Å². The maximum atomic E-state index is 10.4. The standard InChI is InChI=1S/C14H18ClNO3/c1-11(14(17)18)16-19-10-4-2-3-5-12-6-8-13(15)9-7-12/h6-9,16H,1-5,10H2,(H,17,18). The summed E-state index contributed by atoms with van der Waals surface area (Å²) in [5.74, 6) is -1.11. The number of rotatable bonds is 9. The van der Waals surface area contributed by atoms with Crippen LogP contribution in [-0.2, 0) is 16.1 Å². The van der Waals surface area contributed by atoms with Gasteiger partial charge in [-0.05, 0) is 37.0 Å². The lowest BCUT2D eigenvalue weighted by Gasteiger charge is -2.06. The molecule has 2 N–H and O–H groups in total. The highest BCUT2D eigenvalue weighted by Gasteiger charge is 2.01. The first-order valence-electron chi connectivity index (χ1n) is 6.14. The van der Waals surface area contributed by atoms with Gasteiger partial charge in [-0.1, -0.05) is 36.7 Å². The van der Waals surface area contributed by atoms with Crippen LogP contribution in [0.5, 0.6) is 0 Å². The minimum atomic E-state index is -1.11. The third kappa shape index (κ3) is 6.84. The number of unbranched alkanes of at least 4 members (excludes halogenated alkanes) is 2. The molecule has 19 heavy (non-hydrogen) atoms. The van der Waals surface area contributed by atoms with E-state index < -0.39 is 5.97 Å². The van der Waals surface area contributed by atoms with Crippen molar-refractivity contribution in [2.75, 3.05) is 6.61 Å². The molecule has 0 fully saturated rings. The van der Waals surface area contributed by atoms with E-state index in [1.165, 1.54) is 5.56 Å². The van der Waals surface area contributed by atoms with E-state index in [4.69, 9.17) is 21.5 Å². The molecule has 0 aliphatic carbocycles. The summed E-state index contributed by atoms with van der Waals surface area (Å²) in [5.41, 5.74) is 3.40. The maximum Gasteiger partial charge on any atom is 0.353 e. The molecule has 104 valence electrons. The van der Waals surface area contributed by atoms with Gasteiger partial charge in [0, 0.05) is 5.02 Å². The summed E-state index contributed by atoms with van der Waals surface area (Å²) < 4.78 is 0. The monoisotopic (exact) mass is 283 g/mol. The molecule has 0 bridgehead atoms. The first-order valence-corrected chi connectivity index (χ1v) is 6.52. The van der Waals surface area contributed by atoms with Gasteiger partial charge in [-0.2, -0.15) is 0 Å². The molecule has 0 unspecified atom stereocenters. The summed E-state index contributed by atoms with van der Waals surface area (Å²) in [6.07, 6.45) is 3.95. The normalized spacial score (nSPS) is 10.2. The molecule has 5 heteroatoms. The minimum absolute atomic E-state index is 0.152. The van der Waals surface area contributed by atoms with Gasteiger partial charge in [-0.15, -0.1) is 0 Å².